The summed E-state index contributed by atoms with van der Waals surface area (Å²) in [5.74, 6) is 0.630. The van der Waals surface area contributed by atoms with Crippen molar-refractivity contribution in [3.63, 3.8) is 0 Å². The van der Waals surface area contributed by atoms with Crippen LogP contribution in [0.2, 0.25) is 5.02 Å². The van der Waals surface area contributed by atoms with Crippen molar-refractivity contribution in [2.45, 2.75) is 0 Å². The topological polar surface area (TPSA) is 116 Å². The summed E-state index contributed by atoms with van der Waals surface area (Å²) in [6, 6.07) is 14.0. The summed E-state index contributed by atoms with van der Waals surface area (Å²) in [4.78, 5) is 26.2. The maximum Gasteiger partial charge on any atom is 0.343 e. The predicted octanol–water partition coefficient (Wildman–Crippen LogP) is 4.32. The number of methoxy groups -OCH3 is 1. The molecule has 0 amide bonds. The normalized spacial score (nSPS) is 10.6. The summed E-state index contributed by atoms with van der Waals surface area (Å²) in [5, 5.41) is 14.8. The average molecular weight is 427 g/mol. The van der Waals surface area contributed by atoms with E-state index in [9.17, 15) is 14.9 Å². The Kier molecular flexibility index (Phi) is 6.56. The Morgan fingerprint density at radius 2 is 1.97 bits per heavy atom. The standard InChI is InChI=1S/C20H15ClN4O5/c1-29-16-6-3-14(4-7-16)20(26)30-18-8-2-13(10-17(18)21)11-23-24-19-9-5-15(12-22-19)25(27)28/h2-12H,1H3,(H,22,24)/b23-11-. The van der Waals surface area contributed by atoms with Crippen molar-refractivity contribution in [2.24, 2.45) is 5.10 Å². The molecule has 3 rings (SSSR count). The van der Waals surface area contributed by atoms with Crippen LogP contribution in [0.25, 0.3) is 0 Å². The van der Waals surface area contributed by atoms with Crippen LogP contribution in [-0.4, -0.2) is 29.2 Å². The van der Waals surface area contributed by atoms with Crippen LogP contribution in [0.3, 0.4) is 0 Å². The van der Waals surface area contributed by atoms with E-state index in [-0.39, 0.29) is 16.5 Å². The van der Waals surface area contributed by atoms with Crippen molar-refractivity contribution in [3.8, 4) is 11.5 Å². The van der Waals surface area contributed by atoms with E-state index < -0.39 is 10.9 Å². The molecular weight excluding hydrogens is 412 g/mol. The van der Waals surface area contributed by atoms with Gasteiger partial charge in [-0.05, 0) is 54.1 Å². The fraction of sp³-hybridized carbons (Fsp3) is 0.0500. The summed E-state index contributed by atoms with van der Waals surface area (Å²) in [6.45, 7) is 0. The molecule has 3 aromatic rings. The lowest BCUT2D eigenvalue weighted by Crippen LogP contribution is -2.08. The number of hydrogen-bond acceptors (Lipinski definition) is 8. The molecular formula is C20H15ClN4O5. The van der Waals surface area contributed by atoms with Gasteiger partial charge in [0.15, 0.2) is 0 Å². The monoisotopic (exact) mass is 426 g/mol. The lowest BCUT2D eigenvalue weighted by molar-refractivity contribution is -0.385. The molecule has 0 atom stereocenters. The number of benzene rings is 2. The van der Waals surface area contributed by atoms with Gasteiger partial charge in [0.1, 0.15) is 23.5 Å². The molecule has 2 aromatic carbocycles. The number of rotatable bonds is 7. The summed E-state index contributed by atoms with van der Waals surface area (Å²) < 4.78 is 10.4. The highest BCUT2D eigenvalue weighted by atomic mass is 35.5. The number of halogens is 1. The molecule has 0 spiro atoms. The second kappa shape index (κ2) is 9.48. The van der Waals surface area contributed by atoms with Gasteiger partial charge in [0.2, 0.25) is 0 Å². The Morgan fingerprint density at radius 3 is 2.57 bits per heavy atom. The number of aromatic nitrogens is 1. The van der Waals surface area contributed by atoms with Crippen molar-refractivity contribution in [3.05, 3.63) is 87.1 Å². The van der Waals surface area contributed by atoms with Gasteiger partial charge in [0.25, 0.3) is 5.69 Å². The van der Waals surface area contributed by atoms with E-state index in [4.69, 9.17) is 21.1 Å². The Labute approximate surface area is 176 Å². The molecule has 10 heteroatoms. The van der Waals surface area contributed by atoms with E-state index in [1.165, 1.54) is 25.5 Å². The number of hydrazone groups is 1. The van der Waals surface area contributed by atoms with Crippen molar-refractivity contribution < 1.29 is 19.2 Å². The minimum atomic E-state index is -0.549. The second-order valence-corrected chi connectivity index (χ2v) is 6.24. The maximum absolute atomic E-state index is 12.2. The van der Waals surface area contributed by atoms with Crippen LogP contribution in [0.15, 0.2) is 65.9 Å². The third-order valence-electron chi connectivity index (χ3n) is 3.84. The number of anilines is 1. The highest BCUT2D eigenvalue weighted by Crippen LogP contribution is 2.26. The van der Waals surface area contributed by atoms with Crippen LogP contribution in [0, 0.1) is 10.1 Å². The molecule has 0 bridgehead atoms. The van der Waals surface area contributed by atoms with Gasteiger partial charge in [-0.25, -0.2) is 9.78 Å². The number of pyridine rings is 1. The second-order valence-electron chi connectivity index (χ2n) is 5.84. The third kappa shape index (κ3) is 5.30. The Hall–Kier alpha value is -3.98. The van der Waals surface area contributed by atoms with Gasteiger partial charge >= 0.3 is 5.97 Å². The van der Waals surface area contributed by atoms with E-state index >= 15 is 0 Å². The van der Waals surface area contributed by atoms with Gasteiger partial charge in [-0.1, -0.05) is 11.6 Å². The van der Waals surface area contributed by atoms with Crippen LogP contribution in [0.1, 0.15) is 15.9 Å². The van der Waals surface area contributed by atoms with Gasteiger partial charge in [-0.2, -0.15) is 5.10 Å². The summed E-state index contributed by atoms with van der Waals surface area (Å²) in [7, 11) is 1.54. The number of hydrogen-bond donors (Lipinski definition) is 1. The number of nitrogens with zero attached hydrogens (tertiary/aromatic N) is 3. The zero-order valence-electron chi connectivity index (χ0n) is 15.6. The Balaban J connectivity index is 1.62. The summed E-state index contributed by atoms with van der Waals surface area (Å²) in [6.07, 6.45) is 2.60. The smallest absolute Gasteiger partial charge is 0.343 e. The molecule has 0 aliphatic carbocycles. The maximum atomic E-state index is 12.2. The lowest BCUT2D eigenvalue weighted by Gasteiger charge is -2.07. The predicted molar refractivity (Wildman–Crippen MR) is 112 cm³/mol. The molecule has 0 saturated carbocycles. The van der Waals surface area contributed by atoms with Crippen molar-refractivity contribution in [1.29, 1.82) is 0 Å². The molecule has 0 saturated heterocycles. The molecule has 0 aliphatic heterocycles. The van der Waals surface area contributed by atoms with Crippen molar-refractivity contribution in [1.82, 2.24) is 4.98 Å². The fourth-order valence-corrected chi connectivity index (χ4v) is 2.53. The summed E-state index contributed by atoms with van der Waals surface area (Å²) in [5.41, 5.74) is 3.53. The van der Waals surface area contributed by atoms with E-state index in [1.807, 2.05) is 0 Å². The van der Waals surface area contributed by atoms with E-state index in [0.717, 1.165) is 6.20 Å². The van der Waals surface area contributed by atoms with Crippen LogP contribution in [-0.2, 0) is 0 Å². The van der Waals surface area contributed by atoms with Crippen molar-refractivity contribution in [2.75, 3.05) is 12.5 Å². The molecule has 1 aromatic heterocycles. The minimum absolute atomic E-state index is 0.115. The minimum Gasteiger partial charge on any atom is -0.497 e. The van der Waals surface area contributed by atoms with Crippen LogP contribution in [0.4, 0.5) is 11.5 Å². The number of nitrogens with one attached hydrogen (secondary N) is 1. The molecule has 0 unspecified atom stereocenters. The first-order chi connectivity index (χ1) is 14.5. The molecule has 0 aliphatic rings. The zero-order chi connectivity index (χ0) is 21.5. The highest BCUT2D eigenvalue weighted by molar-refractivity contribution is 6.32. The van der Waals surface area contributed by atoms with Crippen LogP contribution < -0.4 is 14.9 Å². The average Bonchev–Trinajstić information content (AvgIpc) is 2.76. The van der Waals surface area contributed by atoms with E-state index in [0.29, 0.717) is 22.7 Å². The molecule has 0 radical (unpaired) electrons. The van der Waals surface area contributed by atoms with Crippen LogP contribution >= 0.6 is 11.6 Å². The molecule has 30 heavy (non-hydrogen) atoms. The fourth-order valence-electron chi connectivity index (χ4n) is 2.30. The third-order valence-corrected chi connectivity index (χ3v) is 4.13. The van der Waals surface area contributed by atoms with Gasteiger partial charge in [-0.3, -0.25) is 15.5 Å². The number of carbonyl (C=O) groups is 1. The first-order valence-electron chi connectivity index (χ1n) is 8.51. The Morgan fingerprint density at radius 1 is 1.20 bits per heavy atom. The number of esters is 1. The molecule has 152 valence electrons. The Bertz CT molecular complexity index is 1090. The van der Waals surface area contributed by atoms with E-state index in [2.05, 4.69) is 15.5 Å². The summed E-state index contributed by atoms with van der Waals surface area (Å²) >= 11 is 6.20. The van der Waals surface area contributed by atoms with Crippen LogP contribution in [0.5, 0.6) is 11.5 Å². The number of carbonyl (C=O) groups excluding carboxylic acids is 1. The molecule has 1 heterocycles. The van der Waals surface area contributed by atoms with Gasteiger partial charge < -0.3 is 9.47 Å². The van der Waals surface area contributed by atoms with Crippen molar-refractivity contribution >= 4 is 35.3 Å². The molecule has 0 fully saturated rings. The molecule has 9 nitrogen and oxygen atoms in total. The SMILES string of the molecule is COc1ccc(C(=O)Oc2ccc(/C=N\Nc3ccc([N+](=O)[O-])cn3)cc2Cl)cc1. The van der Waals surface area contributed by atoms with Gasteiger partial charge in [0.05, 0.1) is 28.8 Å². The van der Waals surface area contributed by atoms with Gasteiger partial charge in [0, 0.05) is 6.07 Å². The van der Waals surface area contributed by atoms with Gasteiger partial charge in [-0.15, -0.1) is 0 Å². The zero-order valence-corrected chi connectivity index (χ0v) is 16.4. The first-order valence-corrected chi connectivity index (χ1v) is 8.89. The lowest BCUT2D eigenvalue weighted by atomic mass is 10.2. The number of nitro groups is 1. The molecule has 1 N–H and O–H groups in total. The van der Waals surface area contributed by atoms with E-state index in [1.54, 1.807) is 42.5 Å². The quantitative estimate of drug-likeness (QED) is 0.196. The number of ether oxygens (including phenoxy) is 2. The highest BCUT2D eigenvalue weighted by Gasteiger charge is 2.11. The first kappa shape index (κ1) is 20.7. The largest absolute Gasteiger partial charge is 0.497 e.